The van der Waals surface area contributed by atoms with Crippen LogP contribution in [-0.2, 0) is 9.47 Å². The van der Waals surface area contributed by atoms with Gasteiger partial charge in [-0.15, -0.1) is 6.58 Å². The van der Waals surface area contributed by atoms with Crippen molar-refractivity contribution in [3.05, 3.63) is 36.8 Å². The number of furan rings is 1. The summed E-state index contributed by atoms with van der Waals surface area (Å²) in [5.41, 5.74) is 0. The van der Waals surface area contributed by atoms with Crippen LogP contribution in [0.15, 0.2) is 35.5 Å². The fraction of sp³-hybridized carbons (Fsp3) is 0.500. The third kappa shape index (κ3) is 4.32. The van der Waals surface area contributed by atoms with E-state index < -0.39 is 0 Å². The Bertz CT molecular complexity index is 254. The number of ether oxygens (including phenoxy) is 2. The summed E-state index contributed by atoms with van der Waals surface area (Å²) < 4.78 is 16.1. The first kappa shape index (κ1) is 12.0. The lowest BCUT2D eigenvalue weighted by Crippen LogP contribution is -2.08. The first-order valence-electron chi connectivity index (χ1n) is 5.22. The average molecular weight is 210 g/mol. The molecule has 3 nitrogen and oxygen atoms in total. The first-order chi connectivity index (χ1) is 7.38. The Labute approximate surface area is 90.7 Å². The topological polar surface area (TPSA) is 31.6 Å². The smallest absolute Gasteiger partial charge is 0.132 e. The van der Waals surface area contributed by atoms with Crippen molar-refractivity contribution in [1.29, 1.82) is 0 Å². The second kappa shape index (κ2) is 7.26. The van der Waals surface area contributed by atoms with Gasteiger partial charge >= 0.3 is 0 Å². The van der Waals surface area contributed by atoms with Crippen LogP contribution in [0.25, 0.3) is 0 Å². The lowest BCUT2D eigenvalue weighted by molar-refractivity contribution is -0.00120. The summed E-state index contributed by atoms with van der Waals surface area (Å²) in [4.78, 5) is 0. The van der Waals surface area contributed by atoms with E-state index in [9.17, 15) is 0 Å². The van der Waals surface area contributed by atoms with Crippen molar-refractivity contribution >= 4 is 0 Å². The minimum absolute atomic E-state index is 0.0436. The van der Waals surface area contributed by atoms with Gasteiger partial charge in [0.2, 0.25) is 0 Å². The largest absolute Gasteiger partial charge is 0.467 e. The van der Waals surface area contributed by atoms with E-state index in [2.05, 4.69) is 6.58 Å². The van der Waals surface area contributed by atoms with E-state index >= 15 is 0 Å². The summed E-state index contributed by atoms with van der Waals surface area (Å²) in [6.07, 6.45) is 4.18. The lowest BCUT2D eigenvalue weighted by atomic mass is 10.2. The van der Waals surface area contributed by atoms with Crippen molar-refractivity contribution in [3.8, 4) is 0 Å². The van der Waals surface area contributed by atoms with Crippen LogP contribution in [0.1, 0.15) is 25.2 Å². The Morgan fingerprint density at radius 3 is 3.00 bits per heavy atom. The van der Waals surface area contributed by atoms with Gasteiger partial charge in [0.25, 0.3) is 0 Å². The van der Waals surface area contributed by atoms with Gasteiger partial charge in [0.1, 0.15) is 11.9 Å². The molecule has 0 N–H and O–H groups in total. The minimum atomic E-state index is -0.0436. The molecule has 0 saturated carbocycles. The molecule has 15 heavy (non-hydrogen) atoms. The van der Waals surface area contributed by atoms with Crippen molar-refractivity contribution in [2.45, 2.75) is 19.4 Å². The molecule has 0 spiro atoms. The maximum absolute atomic E-state index is 5.64. The van der Waals surface area contributed by atoms with Crippen molar-refractivity contribution in [1.82, 2.24) is 0 Å². The van der Waals surface area contributed by atoms with E-state index in [0.29, 0.717) is 13.2 Å². The van der Waals surface area contributed by atoms with Gasteiger partial charge in [-0.1, -0.05) is 6.08 Å². The van der Waals surface area contributed by atoms with Gasteiger partial charge in [-0.3, -0.25) is 0 Å². The van der Waals surface area contributed by atoms with Crippen molar-refractivity contribution in [2.75, 3.05) is 19.8 Å². The molecule has 1 atom stereocenters. The summed E-state index contributed by atoms with van der Waals surface area (Å²) in [6.45, 7) is 7.58. The molecule has 3 heteroatoms. The predicted molar refractivity (Wildman–Crippen MR) is 58.7 cm³/mol. The summed E-state index contributed by atoms with van der Waals surface area (Å²) in [6, 6.07) is 3.77. The van der Waals surface area contributed by atoms with Gasteiger partial charge in [0, 0.05) is 6.61 Å². The zero-order valence-corrected chi connectivity index (χ0v) is 9.15. The Kier molecular flexibility index (Phi) is 5.81. The summed E-state index contributed by atoms with van der Waals surface area (Å²) in [5.74, 6) is 0.839. The van der Waals surface area contributed by atoms with E-state index in [1.54, 1.807) is 6.26 Å². The number of hydrogen-bond donors (Lipinski definition) is 0. The molecule has 84 valence electrons. The fourth-order valence-electron chi connectivity index (χ4n) is 1.29. The standard InChI is InChI=1S/C12H18O3/c1-3-6-11(12-7-5-8-14-12)15-10-9-13-4-2/h3,5,7-8,11H,1,4,6,9-10H2,2H3/t11-/m0/s1. The van der Waals surface area contributed by atoms with Gasteiger partial charge in [-0.25, -0.2) is 0 Å². The Morgan fingerprint density at radius 1 is 1.53 bits per heavy atom. The molecule has 0 aliphatic carbocycles. The van der Waals surface area contributed by atoms with Crippen LogP contribution in [-0.4, -0.2) is 19.8 Å². The highest BCUT2D eigenvalue weighted by molar-refractivity contribution is 5.03. The van der Waals surface area contributed by atoms with Crippen LogP contribution >= 0.6 is 0 Å². The van der Waals surface area contributed by atoms with Crippen molar-refractivity contribution < 1.29 is 13.9 Å². The molecule has 0 radical (unpaired) electrons. The lowest BCUT2D eigenvalue weighted by Gasteiger charge is -2.13. The molecule has 0 amide bonds. The maximum Gasteiger partial charge on any atom is 0.132 e. The molecule has 1 rings (SSSR count). The molecule has 0 fully saturated rings. The maximum atomic E-state index is 5.64. The molecule has 1 aromatic rings. The molecular weight excluding hydrogens is 192 g/mol. The van der Waals surface area contributed by atoms with Gasteiger partial charge in [-0.05, 0) is 25.5 Å². The quantitative estimate of drug-likeness (QED) is 0.488. The van der Waals surface area contributed by atoms with Crippen LogP contribution in [0.5, 0.6) is 0 Å². The second-order valence-electron chi connectivity index (χ2n) is 3.10. The molecule has 0 unspecified atom stereocenters. The van der Waals surface area contributed by atoms with E-state index in [-0.39, 0.29) is 6.10 Å². The second-order valence-corrected chi connectivity index (χ2v) is 3.10. The predicted octanol–water partition coefficient (Wildman–Crippen LogP) is 2.95. The van der Waals surface area contributed by atoms with E-state index in [4.69, 9.17) is 13.9 Å². The Morgan fingerprint density at radius 2 is 2.40 bits per heavy atom. The van der Waals surface area contributed by atoms with Crippen LogP contribution in [0, 0.1) is 0 Å². The third-order valence-electron chi connectivity index (χ3n) is 1.99. The highest BCUT2D eigenvalue weighted by Crippen LogP contribution is 2.21. The van der Waals surface area contributed by atoms with Gasteiger partial charge in [0.15, 0.2) is 0 Å². The summed E-state index contributed by atoms with van der Waals surface area (Å²) >= 11 is 0. The van der Waals surface area contributed by atoms with Gasteiger partial charge in [0.05, 0.1) is 19.5 Å². The molecule has 0 aromatic carbocycles. The van der Waals surface area contributed by atoms with Gasteiger partial charge in [-0.2, -0.15) is 0 Å². The van der Waals surface area contributed by atoms with Crippen LogP contribution in [0.4, 0.5) is 0 Å². The summed E-state index contributed by atoms with van der Waals surface area (Å²) in [5, 5.41) is 0. The van der Waals surface area contributed by atoms with E-state index in [0.717, 1.165) is 18.8 Å². The van der Waals surface area contributed by atoms with Crippen molar-refractivity contribution in [2.24, 2.45) is 0 Å². The van der Waals surface area contributed by atoms with E-state index in [1.807, 2.05) is 25.1 Å². The molecule has 1 aromatic heterocycles. The molecule has 0 saturated heterocycles. The molecular formula is C12H18O3. The van der Waals surface area contributed by atoms with Gasteiger partial charge < -0.3 is 13.9 Å². The summed E-state index contributed by atoms with van der Waals surface area (Å²) in [7, 11) is 0. The third-order valence-corrected chi connectivity index (χ3v) is 1.99. The van der Waals surface area contributed by atoms with Crippen LogP contribution in [0.2, 0.25) is 0 Å². The SMILES string of the molecule is C=CC[C@H](OCCOCC)c1ccco1. The monoisotopic (exact) mass is 210 g/mol. The minimum Gasteiger partial charge on any atom is -0.467 e. The van der Waals surface area contributed by atoms with Crippen LogP contribution < -0.4 is 0 Å². The normalized spacial score (nSPS) is 12.6. The highest BCUT2D eigenvalue weighted by atomic mass is 16.5. The molecule has 0 aliphatic heterocycles. The molecule has 0 aliphatic rings. The molecule has 0 bridgehead atoms. The zero-order valence-electron chi connectivity index (χ0n) is 9.15. The highest BCUT2D eigenvalue weighted by Gasteiger charge is 2.12. The van der Waals surface area contributed by atoms with E-state index in [1.165, 1.54) is 0 Å². The fourth-order valence-corrected chi connectivity index (χ4v) is 1.29. The molecule has 1 heterocycles. The average Bonchev–Trinajstić information content (AvgIpc) is 2.76. The van der Waals surface area contributed by atoms with Crippen LogP contribution in [0.3, 0.4) is 0 Å². The first-order valence-corrected chi connectivity index (χ1v) is 5.22. The Hall–Kier alpha value is -1.06. The van der Waals surface area contributed by atoms with Crippen molar-refractivity contribution in [3.63, 3.8) is 0 Å². The zero-order chi connectivity index (χ0) is 10.9. The Balaban J connectivity index is 2.34. The number of hydrogen-bond acceptors (Lipinski definition) is 3. The number of rotatable bonds is 8.